The van der Waals surface area contributed by atoms with Gasteiger partial charge in [0.05, 0.1) is 0 Å². The number of phenols is 1. The van der Waals surface area contributed by atoms with Crippen molar-refractivity contribution in [2.75, 3.05) is 0 Å². The van der Waals surface area contributed by atoms with Gasteiger partial charge in [-0.3, -0.25) is 4.90 Å². The smallest absolute Gasteiger partial charge is 0.410 e. The SMILES string of the molecule is CC(C)(C)N(Cc1ccccc1)C(=O)OC1CCC(c2ccc(O)cc2)CC1. The van der Waals surface area contributed by atoms with Crippen molar-refractivity contribution < 1.29 is 14.6 Å². The fraction of sp³-hybridized carbons (Fsp3) is 0.458. The molecule has 0 spiro atoms. The highest BCUT2D eigenvalue weighted by Gasteiger charge is 2.31. The highest BCUT2D eigenvalue weighted by molar-refractivity contribution is 5.69. The van der Waals surface area contributed by atoms with E-state index in [4.69, 9.17) is 4.74 Å². The summed E-state index contributed by atoms with van der Waals surface area (Å²) in [6.07, 6.45) is 3.49. The first-order chi connectivity index (χ1) is 13.3. The van der Waals surface area contributed by atoms with Gasteiger partial charge in [0, 0.05) is 12.1 Å². The lowest BCUT2D eigenvalue weighted by Crippen LogP contribution is -2.46. The number of amides is 1. The number of benzene rings is 2. The van der Waals surface area contributed by atoms with E-state index < -0.39 is 0 Å². The third kappa shape index (κ3) is 5.28. The molecule has 4 nitrogen and oxygen atoms in total. The number of hydrogen-bond donors (Lipinski definition) is 1. The predicted molar refractivity (Wildman–Crippen MR) is 111 cm³/mol. The van der Waals surface area contributed by atoms with Crippen molar-refractivity contribution in [2.24, 2.45) is 0 Å². The predicted octanol–water partition coefficient (Wildman–Crippen LogP) is 5.86. The summed E-state index contributed by atoms with van der Waals surface area (Å²) in [5.41, 5.74) is 2.05. The van der Waals surface area contributed by atoms with Crippen molar-refractivity contribution in [3.8, 4) is 5.75 Å². The molecule has 1 amide bonds. The number of rotatable bonds is 4. The van der Waals surface area contributed by atoms with E-state index in [1.165, 1.54) is 5.56 Å². The molecule has 3 rings (SSSR count). The number of hydrogen-bond acceptors (Lipinski definition) is 3. The molecule has 1 saturated carbocycles. The Kier molecular flexibility index (Phi) is 6.28. The third-order valence-corrected chi connectivity index (χ3v) is 5.52. The van der Waals surface area contributed by atoms with E-state index in [2.05, 4.69) is 0 Å². The molecule has 4 heteroatoms. The van der Waals surface area contributed by atoms with E-state index in [9.17, 15) is 9.90 Å². The van der Waals surface area contributed by atoms with E-state index in [1.54, 1.807) is 12.1 Å². The van der Waals surface area contributed by atoms with Gasteiger partial charge in [-0.25, -0.2) is 4.79 Å². The Bertz CT molecular complexity index is 757. The summed E-state index contributed by atoms with van der Waals surface area (Å²) >= 11 is 0. The molecule has 0 radical (unpaired) electrons. The van der Waals surface area contributed by atoms with Crippen LogP contribution in [0, 0.1) is 0 Å². The second kappa shape index (κ2) is 8.68. The first-order valence-electron chi connectivity index (χ1n) is 10.1. The Labute approximate surface area is 168 Å². The zero-order valence-corrected chi connectivity index (χ0v) is 17.1. The highest BCUT2D eigenvalue weighted by Crippen LogP contribution is 2.35. The molecule has 0 unspecified atom stereocenters. The fourth-order valence-electron chi connectivity index (χ4n) is 3.81. The number of phenolic OH excluding ortho intramolecular Hbond substituents is 1. The molecule has 1 N–H and O–H groups in total. The van der Waals surface area contributed by atoms with Crippen LogP contribution >= 0.6 is 0 Å². The lowest BCUT2D eigenvalue weighted by atomic mass is 9.83. The quantitative estimate of drug-likeness (QED) is 0.722. The van der Waals surface area contributed by atoms with Crippen LogP contribution in [0.1, 0.15) is 63.5 Å². The minimum Gasteiger partial charge on any atom is -0.508 e. The molecule has 0 saturated heterocycles. The van der Waals surface area contributed by atoms with E-state index in [1.807, 2.05) is 68.1 Å². The number of carbonyl (C=O) groups is 1. The maximum absolute atomic E-state index is 12.9. The molecule has 150 valence electrons. The molecule has 0 aliphatic heterocycles. The molecule has 1 aliphatic carbocycles. The van der Waals surface area contributed by atoms with Crippen molar-refractivity contribution in [3.63, 3.8) is 0 Å². The summed E-state index contributed by atoms with van der Waals surface area (Å²) in [6, 6.07) is 17.5. The van der Waals surface area contributed by atoms with Gasteiger partial charge in [-0.1, -0.05) is 42.5 Å². The van der Waals surface area contributed by atoms with Gasteiger partial charge in [0.25, 0.3) is 0 Å². The maximum Gasteiger partial charge on any atom is 0.410 e. The fourth-order valence-corrected chi connectivity index (χ4v) is 3.81. The normalized spacial score (nSPS) is 19.8. The van der Waals surface area contributed by atoms with Gasteiger partial charge < -0.3 is 9.84 Å². The summed E-state index contributed by atoms with van der Waals surface area (Å²) in [4.78, 5) is 14.7. The van der Waals surface area contributed by atoms with Gasteiger partial charge in [0.15, 0.2) is 0 Å². The summed E-state index contributed by atoms with van der Waals surface area (Å²) in [7, 11) is 0. The van der Waals surface area contributed by atoms with E-state index in [0.717, 1.165) is 31.2 Å². The molecule has 2 aromatic carbocycles. The van der Waals surface area contributed by atoms with Gasteiger partial charge in [-0.15, -0.1) is 0 Å². The summed E-state index contributed by atoms with van der Waals surface area (Å²) in [5.74, 6) is 0.769. The molecule has 1 fully saturated rings. The number of aromatic hydroxyl groups is 1. The highest BCUT2D eigenvalue weighted by atomic mass is 16.6. The summed E-state index contributed by atoms with van der Waals surface area (Å²) in [6.45, 7) is 6.67. The number of carbonyl (C=O) groups excluding carboxylic acids is 1. The lowest BCUT2D eigenvalue weighted by Gasteiger charge is -2.37. The second-order valence-electron chi connectivity index (χ2n) is 8.69. The first kappa shape index (κ1) is 20.2. The summed E-state index contributed by atoms with van der Waals surface area (Å²) < 4.78 is 5.90. The zero-order chi connectivity index (χ0) is 20.1. The number of ether oxygens (including phenoxy) is 1. The second-order valence-corrected chi connectivity index (χ2v) is 8.69. The van der Waals surface area contributed by atoms with E-state index in [-0.39, 0.29) is 17.7 Å². The van der Waals surface area contributed by atoms with Crippen LogP contribution in [0.15, 0.2) is 54.6 Å². The van der Waals surface area contributed by atoms with Crippen LogP contribution in [-0.4, -0.2) is 27.7 Å². The molecule has 28 heavy (non-hydrogen) atoms. The minimum absolute atomic E-state index is 0.0264. The van der Waals surface area contributed by atoms with Crippen molar-refractivity contribution in [1.82, 2.24) is 4.90 Å². The van der Waals surface area contributed by atoms with Crippen LogP contribution in [0.5, 0.6) is 5.75 Å². The van der Waals surface area contributed by atoms with Crippen LogP contribution in [0.4, 0.5) is 4.79 Å². The van der Waals surface area contributed by atoms with Crippen molar-refractivity contribution in [1.29, 1.82) is 0 Å². The molecule has 0 atom stereocenters. The summed E-state index contributed by atoms with van der Waals surface area (Å²) in [5, 5.41) is 9.46. The molecule has 0 heterocycles. The average molecular weight is 382 g/mol. The van der Waals surface area contributed by atoms with Crippen LogP contribution in [0.25, 0.3) is 0 Å². The maximum atomic E-state index is 12.9. The minimum atomic E-state index is -0.309. The van der Waals surface area contributed by atoms with Crippen LogP contribution in [0.2, 0.25) is 0 Å². The Morgan fingerprint density at radius 1 is 1.00 bits per heavy atom. The monoisotopic (exact) mass is 381 g/mol. The Morgan fingerprint density at radius 2 is 1.61 bits per heavy atom. The van der Waals surface area contributed by atoms with E-state index >= 15 is 0 Å². The van der Waals surface area contributed by atoms with Gasteiger partial charge in [-0.2, -0.15) is 0 Å². The van der Waals surface area contributed by atoms with Crippen molar-refractivity contribution >= 4 is 6.09 Å². The van der Waals surface area contributed by atoms with Crippen molar-refractivity contribution in [2.45, 2.75) is 70.6 Å². The lowest BCUT2D eigenvalue weighted by molar-refractivity contribution is 0.0195. The average Bonchev–Trinajstić information content (AvgIpc) is 2.67. The Morgan fingerprint density at radius 3 is 2.18 bits per heavy atom. The first-order valence-corrected chi connectivity index (χ1v) is 10.1. The molecule has 0 bridgehead atoms. The topological polar surface area (TPSA) is 49.8 Å². The Hall–Kier alpha value is -2.49. The molecule has 2 aromatic rings. The molecule has 1 aliphatic rings. The third-order valence-electron chi connectivity index (χ3n) is 5.52. The van der Waals surface area contributed by atoms with Gasteiger partial charge in [0.1, 0.15) is 11.9 Å². The number of nitrogens with zero attached hydrogens (tertiary/aromatic N) is 1. The standard InChI is InChI=1S/C24H31NO3/c1-24(2,3)25(17-18-7-5-4-6-8-18)23(27)28-22-15-11-20(12-16-22)19-9-13-21(26)14-10-19/h4-10,13-14,20,22,26H,11-12,15-17H2,1-3H3. The zero-order valence-electron chi connectivity index (χ0n) is 17.1. The van der Waals surface area contributed by atoms with Crippen LogP contribution < -0.4 is 0 Å². The van der Waals surface area contributed by atoms with Gasteiger partial charge >= 0.3 is 6.09 Å². The molecule has 0 aromatic heterocycles. The largest absolute Gasteiger partial charge is 0.508 e. The van der Waals surface area contributed by atoms with E-state index in [0.29, 0.717) is 18.2 Å². The van der Waals surface area contributed by atoms with Gasteiger partial charge in [-0.05, 0) is 75.6 Å². The molecular weight excluding hydrogens is 350 g/mol. The van der Waals surface area contributed by atoms with Crippen LogP contribution in [0.3, 0.4) is 0 Å². The Balaban J connectivity index is 1.57. The van der Waals surface area contributed by atoms with Gasteiger partial charge in [0.2, 0.25) is 0 Å². The van der Waals surface area contributed by atoms with Crippen LogP contribution in [-0.2, 0) is 11.3 Å². The molecular formula is C24H31NO3. The van der Waals surface area contributed by atoms with Crippen molar-refractivity contribution in [3.05, 3.63) is 65.7 Å².